The number of anilines is 2. The Bertz CT molecular complexity index is 1080. The van der Waals surface area contributed by atoms with Crippen molar-refractivity contribution in [2.45, 2.75) is 34.6 Å². The first-order valence-corrected chi connectivity index (χ1v) is 11.1. The van der Waals surface area contributed by atoms with E-state index >= 15 is 0 Å². The summed E-state index contributed by atoms with van der Waals surface area (Å²) in [4.78, 5) is 31.2. The Morgan fingerprint density at radius 3 is 2.30 bits per heavy atom. The molecule has 30 heavy (non-hydrogen) atoms. The third-order valence-electron chi connectivity index (χ3n) is 4.42. The number of methoxy groups -OCH3 is 1. The fourth-order valence-electron chi connectivity index (χ4n) is 2.69. The highest BCUT2D eigenvalue weighted by Gasteiger charge is 2.23. The number of aryl methyl sites for hydroxylation is 2. The fourth-order valence-corrected chi connectivity index (χ4v) is 4.48. The Morgan fingerprint density at radius 2 is 1.70 bits per heavy atom. The standard InChI is InChI=1S/C22H25N3O3S2/c1-12-11-16(23-20(27)22(3,4)5)30-18(12)19(26)25-21-24-17(13(2)29-21)14-7-9-15(28-6)10-8-14/h7-11H,1-6H3,(H,23,27)(H,24,25,26). The lowest BCUT2D eigenvalue weighted by atomic mass is 9.96. The first-order chi connectivity index (χ1) is 14.1. The molecule has 2 aromatic heterocycles. The Labute approximate surface area is 184 Å². The molecule has 8 heteroatoms. The van der Waals surface area contributed by atoms with E-state index in [-0.39, 0.29) is 11.8 Å². The molecular weight excluding hydrogens is 418 g/mol. The predicted molar refractivity (Wildman–Crippen MR) is 124 cm³/mol. The number of benzene rings is 1. The number of hydrogen-bond donors (Lipinski definition) is 2. The number of ether oxygens (including phenoxy) is 1. The van der Waals surface area contributed by atoms with E-state index in [1.54, 1.807) is 7.11 Å². The second-order valence-electron chi connectivity index (χ2n) is 7.93. The van der Waals surface area contributed by atoms with E-state index in [4.69, 9.17) is 4.74 Å². The number of hydrogen-bond acceptors (Lipinski definition) is 6. The second-order valence-corrected chi connectivity index (χ2v) is 10.2. The zero-order valence-electron chi connectivity index (χ0n) is 17.9. The van der Waals surface area contributed by atoms with Crippen molar-refractivity contribution in [2.75, 3.05) is 17.7 Å². The van der Waals surface area contributed by atoms with Crippen LogP contribution >= 0.6 is 22.7 Å². The van der Waals surface area contributed by atoms with E-state index in [0.29, 0.717) is 15.0 Å². The molecule has 6 nitrogen and oxygen atoms in total. The molecule has 0 aliphatic carbocycles. The van der Waals surface area contributed by atoms with Crippen LogP contribution in [0.25, 0.3) is 11.3 Å². The van der Waals surface area contributed by atoms with Gasteiger partial charge < -0.3 is 10.1 Å². The predicted octanol–water partition coefficient (Wildman–Crippen LogP) is 5.73. The topological polar surface area (TPSA) is 80.3 Å². The summed E-state index contributed by atoms with van der Waals surface area (Å²) in [5.74, 6) is 0.460. The van der Waals surface area contributed by atoms with Crippen molar-refractivity contribution in [1.29, 1.82) is 0 Å². The summed E-state index contributed by atoms with van der Waals surface area (Å²) in [5, 5.41) is 6.97. The van der Waals surface area contributed by atoms with E-state index < -0.39 is 5.41 Å². The van der Waals surface area contributed by atoms with Crippen molar-refractivity contribution in [3.63, 3.8) is 0 Å². The number of nitrogens with one attached hydrogen (secondary N) is 2. The first kappa shape index (κ1) is 22.0. The van der Waals surface area contributed by atoms with Crippen LogP contribution in [-0.2, 0) is 4.79 Å². The molecule has 0 aliphatic rings. The first-order valence-electron chi connectivity index (χ1n) is 9.43. The van der Waals surface area contributed by atoms with Gasteiger partial charge in [-0.1, -0.05) is 20.8 Å². The molecule has 3 rings (SSSR count). The summed E-state index contributed by atoms with van der Waals surface area (Å²) < 4.78 is 5.20. The van der Waals surface area contributed by atoms with Crippen LogP contribution in [0.3, 0.4) is 0 Å². The minimum atomic E-state index is -0.503. The maximum absolute atomic E-state index is 12.8. The number of amides is 2. The van der Waals surface area contributed by atoms with Gasteiger partial charge in [-0.25, -0.2) is 4.98 Å². The van der Waals surface area contributed by atoms with Crippen LogP contribution in [0.4, 0.5) is 10.1 Å². The summed E-state index contributed by atoms with van der Waals surface area (Å²) in [6.07, 6.45) is 0. The Balaban J connectivity index is 1.76. The van der Waals surface area contributed by atoms with E-state index in [0.717, 1.165) is 27.4 Å². The molecule has 0 bridgehead atoms. The van der Waals surface area contributed by atoms with Crippen molar-refractivity contribution in [3.05, 3.63) is 45.6 Å². The maximum Gasteiger partial charge on any atom is 0.267 e. The molecule has 1 aromatic carbocycles. The zero-order chi connectivity index (χ0) is 22.1. The highest BCUT2D eigenvalue weighted by molar-refractivity contribution is 7.19. The largest absolute Gasteiger partial charge is 0.497 e. The monoisotopic (exact) mass is 443 g/mol. The van der Waals surface area contributed by atoms with Crippen molar-refractivity contribution < 1.29 is 14.3 Å². The van der Waals surface area contributed by atoms with Gasteiger partial charge in [0.25, 0.3) is 5.91 Å². The number of thiophene rings is 1. The van der Waals surface area contributed by atoms with Gasteiger partial charge in [0.1, 0.15) is 5.75 Å². The second kappa shape index (κ2) is 8.57. The average Bonchev–Trinajstić information content (AvgIpc) is 3.23. The van der Waals surface area contributed by atoms with Gasteiger partial charge in [0.05, 0.1) is 22.7 Å². The summed E-state index contributed by atoms with van der Waals surface area (Å²) in [5.41, 5.74) is 2.10. The van der Waals surface area contributed by atoms with Crippen LogP contribution in [-0.4, -0.2) is 23.9 Å². The normalized spacial score (nSPS) is 11.3. The molecule has 0 aliphatic heterocycles. The van der Waals surface area contributed by atoms with Gasteiger partial charge >= 0.3 is 0 Å². The number of aromatic nitrogens is 1. The highest BCUT2D eigenvalue weighted by Crippen LogP contribution is 2.33. The van der Waals surface area contributed by atoms with Crippen LogP contribution in [0.5, 0.6) is 5.75 Å². The zero-order valence-corrected chi connectivity index (χ0v) is 19.5. The molecule has 2 heterocycles. The van der Waals surface area contributed by atoms with Crippen LogP contribution in [0, 0.1) is 19.3 Å². The number of carbonyl (C=O) groups is 2. The Morgan fingerprint density at radius 1 is 1.03 bits per heavy atom. The molecule has 0 spiro atoms. The number of nitrogens with zero attached hydrogens (tertiary/aromatic N) is 1. The maximum atomic E-state index is 12.8. The molecule has 0 saturated heterocycles. The van der Waals surface area contributed by atoms with Gasteiger partial charge in [-0.05, 0) is 49.7 Å². The van der Waals surface area contributed by atoms with Gasteiger partial charge in [0.15, 0.2) is 5.13 Å². The van der Waals surface area contributed by atoms with E-state index in [9.17, 15) is 9.59 Å². The van der Waals surface area contributed by atoms with Gasteiger partial charge in [-0.3, -0.25) is 14.9 Å². The number of thiazole rings is 1. The van der Waals surface area contributed by atoms with Crippen LogP contribution in [0.1, 0.15) is 40.9 Å². The SMILES string of the molecule is COc1ccc(-c2nc(NC(=O)c3sc(NC(=O)C(C)(C)C)cc3C)sc2C)cc1. The molecule has 0 atom stereocenters. The Kier molecular flexibility index (Phi) is 6.28. The van der Waals surface area contributed by atoms with Crippen LogP contribution < -0.4 is 15.4 Å². The highest BCUT2D eigenvalue weighted by atomic mass is 32.1. The molecule has 0 saturated carbocycles. The van der Waals surface area contributed by atoms with Crippen molar-refractivity contribution in [2.24, 2.45) is 5.41 Å². The summed E-state index contributed by atoms with van der Waals surface area (Å²) in [6.45, 7) is 9.38. The van der Waals surface area contributed by atoms with Crippen molar-refractivity contribution in [1.82, 2.24) is 4.98 Å². The molecular formula is C22H25N3O3S2. The van der Waals surface area contributed by atoms with Crippen LogP contribution in [0.2, 0.25) is 0 Å². The molecule has 3 aromatic rings. The molecule has 2 N–H and O–H groups in total. The minimum absolute atomic E-state index is 0.0876. The minimum Gasteiger partial charge on any atom is -0.497 e. The van der Waals surface area contributed by atoms with E-state index in [1.165, 1.54) is 22.7 Å². The van der Waals surface area contributed by atoms with E-state index in [2.05, 4.69) is 15.6 Å². The van der Waals surface area contributed by atoms with Gasteiger partial charge in [0.2, 0.25) is 5.91 Å². The smallest absolute Gasteiger partial charge is 0.267 e. The van der Waals surface area contributed by atoms with Crippen LogP contribution in [0.15, 0.2) is 30.3 Å². The summed E-state index contributed by atoms with van der Waals surface area (Å²) in [7, 11) is 1.63. The van der Waals surface area contributed by atoms with Crippen molar-refractivity contribution >= 4 is 44.6 Å². The van der Waals surface area contributed by atoms with Gasteiger partial charge in [-0.15, -0.1) is 22.7 Å². The molecule has 0 radical (unpaired) electrons. The molecule has 0 unspecified atom stereocenters. The summed E-state index contributed by atoms with van der Waals surface area (Å²) >= 11 is 2.69. The van der Waals surface area contributed by atoms with Gasteiger partial charge in [-0.2, -0.15) is 0 Å². The number of rotatable bonds is 5. The molecule has 158 valence electrons. The summed E-state index contributed by atoms with van der Waals surface area (Å²) in [6, 6.07) is 9.48. The van der Waals surface area contributed by atoms with Crippen molar-refractivity contribution in [3.8, 4) is 17.0 Å². The molecule has 0 fully saturated rings. The molecule has 2 amide bonds. The number of carbonyl (C=O) groups excluding carboxylic acids is 2. The quantitative estimate of drug-likeness (QED) is 0.527. The fraction of sp³-hybridized carbons (Fsp3) is 0.318. The lowest BCUT2D eigenvalue weighted by Gasteiger charge is -2.16. The lowest BCUT2D eigenvalue weighted by Crippen LogP contribution is -2.27. The average molecular weight is 444 g/mol. The third-order valence-corrected chi connectivity index (χ3v) is 6.46. The van der Waals surface area contributed by atoms with E-state index in [1.807, 2.05) is 65.0 Å². The lowest BCUT2D eigenvalue weighted by molar-refractivity contribution is -0.123. The third kappa shape index (κ3) is 4.88. The van der Waals surface area contributed by atoms with Gasteiger partial charge in [0, 0.05) is 15.9 Å². The Hall–Kier alpha value is -2.71.